The molecular weight excluding hydrogens is 144 g/mol. The van der Waals surface area contributed by atoms with Crippen LogP contribution in [-0.4, -0.2) is 0 Å². The SMILES string of the molecule is [C-]#[O+].[Fe+2].c1cc[cH-]c1. The second kappa shape index (κ2) is 9.79. The van der Waals surface area contributed by atoms with Crippen molar-refractivity contribution in [2.75, 3.05) is 0 Å². The minimum atomic E-state index is 0. The first-order chi connectivity index (χ1) is 3.50. The molecule has 0 amide bonds. The molecule has 0 fully saturated rings. The predicted molar refractivity (Wildman–Crippen MR) is 26.0 cm³/mol. The molecule has 0 bridgehead atoms. The molecule has 8 heavy (non-hydrogen) atoms. The summed E-state index contributed by atoms with van der Waals surface area (Å²) >= 11 is 0. The van der Waals surface area contributed by atoms with Crippen LogP contribution < -0.4 is 0 Å². The zero-order chi connectivity index (χ0) is 5.54. The molecule has 0 radical (unpaired) electrons. The summed E-state index contributed by atoms with van der Waals surface area (Å²) in [5.41, 5.74) is 0. The van der Waals surface area contributed by atoms with E-state index in [0.29, 0.717) is 0 Å². The van der Waals surface area contributed by atoms with Crippen LogP contribution in [-0.2, 0) is 21.7 Å². The van der Waals surface area contributed by atoms with Gasteiger partial charge in [-0.3, -0.25) is 0 Å². The van der Waals surface area contributed by atoms with E-state index in [9.17, 15) is 0 Å². The van der Waals surface area contributed by atoms with Gasteiger partial charge in [-0.05, 0) is 0 Å². The van der Waals surface area contributed by atoms with Crippen LogP contribution in [0, 0.1) is 6.65 Å². The van der Waals surface area contributed by atoms with E-state index in [-0.39, 0.29) is 17.1 Å². The van der Waals surface area contributed by atoms with Gasteiger partial charge < -0.3 is 0 Å². The molecule has 0 unspecified atom stereocenters. The normalized spacial score (nSPS) is 5.25. The molecule has 0 aliphatic heterocycles. The van der Waals surface area contributed by atoms with Gasteiger partial charge in [-0.15, -0.1) is 0 Å². The first-order valence-electron chi connectivity index (χ1n) is 1.87. The maximum absolute atomic E-state index is 7.50. The second-order valence-corrected chi connectivity index (χ2v) is 0.962. The summed E-state index contributed by atoms with van der Waals surface area (Å²) in [6.45, 7) is 4.50. The van der Waals surface area contributed by atoms with Gasteiger partial charge in [0.25, 0.3) is 0 Å². The van der Waals surface area contributed by atoms with Crippen LogP contribution in [0.5, 0.6) is 0 Å². The van der Waals surface area contributed by atoms with E-state index >= 15 is 0 Å². The van der Waals surface area contributed by atoms with Crippen LogP contribution in [0.25, 0.3) is 0 Å². The maximum Gasteiger partial charge on any atom is 2.00 e. The molecule has 1 nitrogen and oxygen atoms in total. The van der Waals surface area contributed by atoms with Crippen molar-refractivity contribution in [2.24, 2.45) is 0 Å². The van der Waals surface area contributed by atoms with Gasteiger partial charge in [0.05, 0.1) is 0 Å². The van der Waals surface area contributed by atoms with Gasteiger partial charge in [0.2, 0.25) is 0 Å². The topological polar surface area (TPSA) is 19.9 Å². The molecule has 0 aliphatic carbocycles. The van der Waals surface area contributed by atoms with E-state index in [0.717, 1.165) is 0 Å². The Morgan fingerprint density at radius 2 is 1.50 bits per heavy atom. The third-order valence-corrected chi connectivity index (χ3v) is 0.556. The van der Waals surface area contributed by atoms with Gasteiger partial charge in [-0.2, -0.15) is 18.2 Å². The van der Waals surface area contributed by atoms with Gasteiger partial charge in [0.1, 0.15) is 0 Å². The molecule has 0 aliphatic rings. The Hall–Kier alpha value is -0.391. The molecule has 0 heterocycles. The summed E-state index contributed by atoms with van der Waals surface area (Å²) in [5.74, 6) is 0. The maximum atomic E-state index is 7.50. The van der Waals surface area contributed by atoms with Gasteiger partial charge in [-0.1, -0.05) is 0 Å². The van der Waals surface area contributed by atoms with E-state index in [2.05, 4.69) is 6.65 Å². The minimum absolute atomic E-state index is 0. The Balaban J connectivity index is 0. The summed E-state index contributed by atoms with van der Waals surface area (Å²) in [4.78, 5) is 0. The van der Waals surface area contributed by atoms with E-state index in [1.54, 1.807) is 0 Å². The van der Waals surface area contributed by atoms with Crippen molar-refractivity contribution in [3.05, 3.63) is 37.0 Å². The Labute approximate surface area is 59.3 Å². The number of rotatable bonds is 0. The van der Waals surface area contributed by atoms with E-state index < -0.39 is 0 Å². The zero-order valence-electron chi connectivity index (χ0n) is 4.15. The molecule has 1 aromatic carbocycles. The van der Waals surface area contributed by atoms with Crippen molar-refractivity contribution >= 4 is 0 Å². The first kappa shape index (κ1) is 10.6. The van der Waals surface area contributed by atoms with Gasteiger partial charge in [-0.25, -0.2) is 12.1 Å². The molecule has 0 saturated heterocycles. The monoisotopic (exact) mass is 149 g/mol. The smallest absolute Gasteiger partial charge is 0.214 e. The first-order valence-corrected chi connectivity index (χ1v) is 1.87. The van der Waals surface area contributed by atoms with Crippen molar-refractivity contribution in [3.63, 3.8) is 0 Å². The fraction of sp³-hybridized carbons (Fsp3) is 0. The molecule has 0 N–H and O–H groups in total. The number of hydrogen-bond donors (Lipinski definition) is 0. The molecule has 1 aromatic rings. The van der Waals surface area contributed by atoms with Crippen LogP contribution in [0.4, 0.5) is 0 Å². The summed E-state index contributed by atoms with van der Waals surface area (Å²) < 4.78 is 7.50. The molecule has 2 heteroatoms. The standard InChI is InChI=1S/C5H5.CO.Fe/c1-2-4-5-3-1;1-2;/h1-5H;;/q-1;;+2. The summed E-state index contributed by atoms with van der Waals surface area (Å²) in [6, 6.07) is 10.0. The third kappa shape index (κ3) is 5.61. The molecule has 1 rings (SSSR count). The van der Waals surface area contributed by atoms with E-state index in [4.69, 9.17) is 4.65 Å². The zero-order valence-corrected chi connectivity index (χ0v) is 5.25. The fourth-order valence-electron chi connectivity index (χ4n) is 0.321. The number of hydrogen-bond acceptors (Lipinski definition) is 0. The molecular formula is C6H5FeO+. The van der Waals surface area contributed by atoms with Gasteiger partial charge in [0, 0.05) is 0 Å². The quantitative estimate of drug-likeness (QED) is 0.301. The summed E-state index contributed by atoms with van der Waals surface area (Å²) in [6.07, 6.45) is 0. The molecule has 0 aromatic heterocycles. The molecule has 0 spiro atoms. The summed E-state index contributed by atoms with van der Waals surface area (Å²) in [5, 5.41) is 0. The second-order valence-electron chi connectivity index (χ2n) is 0.962. The van der Waals surface area contributed by atoms with Crippen LogP contribution in [0.2, 0.25) is 0 Å². The van der Waals surface area contributed by atoms with Crippen molar-refractivity contribution in [1.29, 1.82) is 0 Å². The Kier molecular flexibility index (Phi) is 12.9. The average molecular weight is 149 g/mol. The largest absolute Gasteiger partial charge is 2.00 e. The molecule has 42 valence electrons. The fourth-order valence-corrected chi connectivity index (χ4v) is 0.321. The predicted octanol–water partition coefficient (Wildman–Crippen LogP) is 1.37. The average Bonchev–Trinajstić information content (AvgIpc) is 2.23. The van der Waals surface area contributed by atoms with Crippen LogP contribution in [0.1, 0.15) is 0 Å². The van der Waals surface area contributed by atoms with Gasteiger partial charge in [0.15, 0.2) is 0 Å². The van der Waals surface area contributed by atoms with Crippen molar-refractivity contribution in [3.8, 4) is 0 Å². The minimum Gasteiger partial charge on any atom is -0.214 e. The summed E-state index contributed by atoms with van der Waals surface area (Å²) in [7, 11) is 0. The van der Waals surface area contributed by atoms with E-state index in [1.165, 1.54) is 0 Å². The van der Waals surface area contributed by atoms with Crippen molar-refractivity contribution in [2.45, 2.75) is 0 Å². The Morgan fingerprint density at radius 1 is 1.12 bits per heavy atom. The van der Waals surface area contributed by atoms with Gasteiger partial charge >= 0.3 is 28.4 Å². The van der Waals surface area contributed by atoms with E-state index in [1.807, 2.05) is 30.3 Å². The third-order valence-electron chi connectivity index (χ3n) is 0.556. The van der Waals surface area contributed by atoms with Crippen LogP contribution in [0.15, 0.2) is 30.3 Å². The Morgan fingerprint density at radius 3 is 1.62 bits per heavy atom. The van der Waals surface area contributed by atoms with Crippen LogP contribution >= 0.6 is 0 Å². The molecule has 0 saturated carbocycles. The Bertz CT molecular complexity index is 92.1. The van der Waals surface area contributed by atoms with Crippen molar-refractivity contribution < 1.29 is 21.7 Å². The molecule has 0 atom stereocenters. The van der Waals surface area contributed by atoms with Crippen LogP contribution in [0.3, 0.4) is 0 Å². The van der Waals surface area contributed by atoms with Crippen molar-refractivity contribution in [1.82, 2.24) is 0 Å².